The third-order valence-electron chi connectivity index (χ3n) is 9.99. The first-order valence-electron chi connectivity index (χ1n) is 16.7. The molecule has 232 valence electrons. The predicted octanol–water partition coefficient (Wildman–Crippen LogP) is 10.1. The summed E-state index contributed by atoms with van der Waals surface area (Å²) in [4.78, 5) is 0. The first-order valence-corrected chi connectivity index (χ1v) is 16.7. The third-order valence-corrected chi connectivity index (χ3v) is 9.99. The van der Waals surface area contributed by atoms with Crippen LogP contribution in [0.15, 0.2) is 146 Å². The number of fused-ring (bicyclic) bond motifs is 6. The van der Waals surface area contributed by atoms with Crippen LogP contribution in [0, 0.1) is 22.7 Å². The zero-order chi connectivity index (χ0) is 32.9. The number of benzene rings is 6. The molecule has 1 aliphatic rings. The highest BCUT2D eigenvalue weighted by molar-refractivity contribution is 6.10. The second-order valence-electron chi connectivity index (χ2n) is 12.7. The van der Waals surface area contributed by atoms with Gasteiger partial charge in [-0.2, -0.15) is 10.5 Å². The molecule has 0 spiro atoms. The smallest absolute Gasteiger partial charge is 0.101 e. The molecule has 9 rings (SSSR count). The molecule has 49 heavy (non-hydrogen) atoms. The maximum atomic E-state index is 10.4. The van der Waals surface area contributed by atoms with Crippen LogP contribution in [0.4, 0.5) is 0 Å². The Bertz CT molecular complexity index is 2590. The van der Waals surface area contributed by atoms with Crippen LogP contribution in [0.1, 0.15) is 35.2 Å². The molecule has 2 unspecified atom stereocenters. The van der Waals surface area contributed by atoms with Gasteiger partial charge < -0.3 is 14.5 Å². The summed E-state index contributed by atoms with van der Waals surface area (Å²) in [6.07, 6.45) is 5.51. The van der Waals surface area contributed by atoms with Gasteiger partial charge in [0.1, 0.15) is 6.07 Å². The Labute approximate surface area is 284 Å². The molecule has 1 aliphatic heterocycles. The van der Waals surface area contributed by atoms with Crippen LogP contribution in [0.3, 0.4) is 0 Å². The summed E-state index contributed by atoms with van der Waals surface area (Å²) in [5.41, 5.74) is 9.36. The predicted molar refractivity (Wildman–Crippen MR) is 199 cm³/mol. The summed E-state index contributed by atoms with van der Waals surface area (Å²) >= 11 is 0. The van der Waals surface area contributed by atoms with Crippen molar-refractivity contribution in [3.05, 3.63) is 162 Å². The lowest BCUT2D eigenvalue weighted by Crippen LogP contribution is -2.20. The number of nitrogens with one attached hydrogen (secondary N) is 1. The van der Waals surface area contributed by atoms with E-state index in [-0.39, 0.29) is 12.1 Å². The van der Waals surface area contributed by atoms with Crippen molar-refractivity contribution in [2.45, 2.75) is 18.5 Å². The second kappa shape index (κ2) is 11.7. The van der Waals surface area contributed by atoms with Crippen molar-refractivity contribution in [1.82, 2.24) is 14.5 Å². The van der Waals surface area contributed by atoms with Gasteiger partial charge in [-0.05, 0) is 72.6 Å². The van der Waals surface area contributed by atoms with Crippen LogP contribution in [0.5, 0.6) is 0 Å². The Balaban J connectivity index is 1.18. The summed E-state index contributed by atoms with van der Waals surface area (Å²) in [5, 5.41) is 29.2. The molecular weight excluding hydrogens is 599 g/mol. The topological polar surface area (TPSA) is 69.5 Å². The van der Waals surface area contributed by atoms with E-state index in [1.807, 2.05) is 36.4 Å². The minimum Gasteiger partial charge on any atom is -0.333 e. The first kappa shape index (κ1) is 28.8. The molecule has 6 aromatic carbocycles. The summed E-state index contributed by atoms with van der Waals surface area (Å²) in [5.74, 6) is 0. The lowest BCUT2D eigenvalue weighted by molar-refractivity contribution is 0.546. The van der Waals surface area contributed by atoms with Crippen LogP contribution in [-0.2, 0) is 0 Å². The SMILES string of the molecule is N#Cc1cc(-c2cccc(C#N)c2-n2c3ccccc3c3ccccc32)cc(C2C=CC(n3c4ccccc4c4ccccc43)CCN2)c1. The molecule has 2 aromatic heterocycles. The van der Waals surface area contributed by atoms with Gasteiger partial charge >= 0.3 is 0 Å². The van der Waals surface area contributed by atoms with Gasteiger partial charge in [-0.15, -0.1) is 0 Å². The van der Waals surface area contributed by atoms with E-state index in [4.69, 9.17) is 0 Å². The molecule has 0 saturated heterocycles. The number of nitriles is 2. The molecule has 0 aliphatic carbocycles. The Morgan fingerprint density at radius 3 is 1.80 bits per heavy atom. The van der Waals surface area contributed by atoms with Crippen LogP contribution >= 0.6 is 0 Å². The van der Waals surface area contributed by atoms with Crippen molar-refractivity contribution in [2.75, 3.05) is 6.54 Å². The number of aromatic nitrogens is 2. The molecule has 0 fully saturated rings. The molecule has 5 nitrogen and oxygen atoms in total. The third kappa shape index (κ3) is 4.64. The molecule has 0 bridgehead atoms. The Morgan fingerprint density at radius 1 is 0.592 bits per heavy atom. The van der Waals surface area contributed by atoms with Crippen molar-refractivity contribution in [3.63, 3.8) is 0 Å². The summed E-state index contributed by atoms with van der Waals surface area (Å²) in [6, 6.07) is 50.9. The molecule has 1 N–H and O–H groups in total. The van der Waals surface area contributed by atoms with Crippen molar-refractivity contribution in [2.24, 2.45) is 0 Å². The van der Waals surface area contributed by atoms with E-state index >= 15 is 0 Å². The van der Waals surface area contributed by atoms with Gasteiger partial charge in [-0.1, -0.05) is 97.1 Å². The molecule has 0 amide bonds. The Kier molecular flexibility index (Phi) is 6.87. The number of nitrogens with zero attached hydrogens (tertiary/aromatic N) is 4. The maximum absolute atomic E-state index is 10.4. The number of allylic oxidation sites excluding steroid dienone is 1. The summed E-state index contributed by atoms with van der Waals surface area (Å²) < 4.78 is 4.67. The largest absolute Gasteiger partial charge is 0.333 e. The molecule has 2 atom stereocenters. The molecule has 8 aromatic rings. The van der Waals surface area contributed by atoms with Crippen LogP contribution < -0.4 is 5.32 Å². The maximum Gasteiger partial charge on any atom is 0.101 e. The fourth-order valence-corrected chi connectivity index (χ4v) is 7.87. The van der Waals surface area contributed by atoms with Gasteiger partial charge in [-0.25, -0.2) is 0 Å². The normalized spacial score (nSPS) is 16.2. The van der Waals surface area contributed by atoms with Gasteiger partial charge in [0.25, 0.3) is 0 Å². The summed E-state index contributed by atoms with van der Waals surface area (Å²) in [7, 11) is 0. The average molecular weight is 630 g/mol. The van der Waals surface area contributed by atoms with Crippen molar-refractivity contribution >= 4 is 43.6 Å². The van der Waals surface area contributed by atoms with Crippen molar-refractivity contribution in [3.8, 4) is 29.0 Å². The van der Waals surface area contributed by atoms with Gasteiger partial charge in [-0.3, -0.25) is 0 Å². The van der Waals surface area contributed by atoms with Crippen LogP contribution in [0.25, 0.3) is 60.4 Å². The Morgan fingerprint density at radius 2 is 1.18 bits per heavy atom. The molecule has 3 heterocycles. The zero-order valence-electron chi connectivity index (χ0n) is 26.7. The van der Waals surface area contributed by atoms with Gasteiger partial charge in [0.05, 0.1) is 46.0 Å². The van der Waals surface area contributed by atoms with Crippen molar-refractivity contribution < 1.29 is 0 Å². The molecule has 5 heteroatoms. The number of rotatable bonds is 4. The van der Waals surface area contributed by atoms with E-state index < -0.39 is 0 Å². The van der Waals surface area contributed by atoms with E-state index in [1.165, 1.54) is 21.8 Å². The molecular formula is C44H31N5. The van der Waals surface area contributed by atoms with E-state index in [0.717, 1.165) is 57.1 Å². The van der Waals surface area contributed by atoms with E-state index in [1.54, 1.807) is 0 Å². The van der Waals surface area contributed by atoms with E-state index in [2.05, 4.69) is 136 Å². The minimum atomic E-state index is -0.0824. The average Bonchev–Trinajstić information content (AvgIpc) is 3.55. The quantitative estimate of drug-likeness (QED) is 0.197. The fraction of sp³-hybridized carbons (Fsp3) is 0.0909. The van der Waals surface area contributed by atoms with Crippen LogP contribution in [-0.4, -0.2) is 15.7 Å². The minimum absolute atomic E-state index is 0.0824. The van der Waals surface area contributed by atoms with Crippen molar-refractivity contribution in [1.29, 1.82) is 10.5 Å². The lowest BCUT2D eigenvalue weighted by Gasteiger charge is -2.19. The number of para-hydroxylation sites is 5. The summed E-state index contributed by atoms with van der Waals surface area (Å²) in [6.45, 7) is 0.811. The monoisotopic (exact) mass is 629 g/mol. The van der Waals surface area contributed by atoms with Gasteiger partial charge in [0.15, 0.2) is 0 Å². The second-order valence-corrected chi connectivity index (χ2v) is 12.7. The lowest BCUT2D eigenvalue weighted by atomic mass is 9.94. The van der Waals surface area contributed by atoms with E-state index in [9.17, 15) is 10.5 Å². The van der Waals surface area contributed by atoms with E-state index in [0.29, 0.717) is 11.1 Å². The molecule has 0 saturated carbocycles. The number of hydrogen-bond acceptors (Lipinski definition) is 3. The Hall–Kier alpha value is -6.40. The zero-order valence-corrected chi connectivity index (χ0v) is 26.7. The highest BCUT2D eigenvalue weighted by atomic mass is 15.0. The molecule has 0 radical (unpaired) electrons. The highest BCUT2D eigenvalue weighted by Crippen LogP contribution is 2.39. The fourth-order valence-electron chi connectivity index (χ4n) is 7.87. The highest BCUT2D eigenvalue weighted by Gasteiger charge is 2.23. The van der Waals surface area contributed by atoms with Gasteiger partial charge in [0.2, 0.25) is 0 Å². The first-order chi connectivity index (χ1) is 24.2. The standard InChI is InChI=1S/C44H31N5/c45-27-29-24-31(34-15-9-10-30(28-46)44(34)49-42-18-7-3-13-37(42)38-14-4-8-19-43(38)49)26-32(25-29)39-21-20-33(22-23-47-39)48-40-16-5-1-11-35(40)36-12-2-6-17-41(36)48/h1-21,24-26,33,39,47H,22-23H2. The number of hydrogen-bond donors (Lipinski definition) is 1. The van der Waals surface area contributed by atoms with Gasteiger partial charge in [0, 0.05) is 38.1 Å². The van der Waals surface area contributed by atoms with Crippen LogP contribution in [0.2, 0.25) is 0 Å².